The van der Waals surface area contributed by atoms with Crippen LogP contribution in [0.4, 0.5) is 0 Å². The monoisotopic (exact) mass is 315 g/mol. The van der Waals surface area contributed by atoms with Crippen LogP contribution < -0.4 is 0 Å². The van der Waals surface area contributed by atoms with Gasteiger partial charge in [0.2, 0.25) is 0 Å². The number of aryl methyl sites for hydroxylation is 2. The second-order valence-electron chi connectivity index (χ2n) is 5.64. The van der Waals surface area contributed by atoms with Gasteiger partial charge in [0, 0.05) is 17.4 Å². The van der Waals surface area contributed by atoms with Gasteiger partial charge in [-0.2, -0.15) is 0 Å². The Morgan fingerprint density at radius 3 is 2.77 bits per heavy atom. The Bertz CT molecular complexity index is 695. The highest BCUT2D eigenvalue weighted by molar-refractivity contribution is 6.30. The Morgan fingerprint density at radius 2 is 2.05 bits per heavy atom. The van der Waals surface area contributed by atoms with Gasteiger partial charge in [-0.3, -0.25) is 4.98 Å². The zero-order valence-corrected chi connectivity index (χ0v) is 13.3. The molecule has 114 valence electrons. The van der Waals surface area contributed by atoms with E-state index in [0.717, 1.165) is 23.4 Å². The maximum Gasteiger partial charge on any atom is 0.338 e. The van der Waals surface area contributed by atoms with Gasteiger partial charge in [0.25, 0.3) is 0 Å². The van der Waals surface area contributed by atoms with Crippen LogP contribution in [-0.4, -0.2) is 18.1 Å². The molecule has 4 heteroatoms. The van der Waals surface area contributed by atoms with E-state index in [2.05, 4.69) is 17.1 Å². The molecule has 1 aromatic heterocycles. The van der Waals surface area contributed by atoms with Gasteiger partial charge in [-0.25, -0.2) is 4.79 Å². The highest BCUT2D eigenvalue weighted by Crippen LogP contribution is 2.42. The average Bonchev–Trinajstić information content (AvgIpc) is 3.38. The fourth-order valence-corrected chi connectivity index (χ4v) is 2.95. The van der Waals surface area contributed by atoms with Crippen molar-refractivity contribution in [2.45, 2.75) is 31.6 Å². The van der Waals surface area contributed by atoms with E-state index >= 15 is 0 Å². The van der Waals surface area contributed by atoms with Crippen LogP contribution in [0.3, 0.4) is 0 Å². The molecule has 2 aromatic rings. The number of nitrogens with zero attached hydrogens (tertiary/aromatic N) is 1. The minimum absolute atomic E-state index is 0.309. The summed E-state index contributed by atoms with van der Waals surface area (Å²) in [6.07, 6.45) is 7.49. The third-order valence-corrected chi connectivity index (χ3v) is 4.33. The second-order valence-corrected chi connectivity index (χ2v) is 6.08. The van der Waals surface area contributed by atoms with Crippen molar-refractivity contribution in [3.63, 3.8) is 0 Å². The highest BCUT2D eigenvalue weighted by Gasteiger charge is 2.26. The molecule has 1 heterocycles. The van der Waals surface area contributed by atoms with Crippen molar-refractivity contribution >= 4 is 17.6 Å². The molecular weight excluding hydrogens is 298 g/mol. The fraction of sp³-hybridized carbons (Fsp3) is 0.333. The Morgan fingerprint density at radius 1 is 1.27 bits per heavy atom. The number of carbonyl (C=O) groups excluding carboxylic acids is 1. The summed E-state index contributed by atoms with van der Waals surface area (Å²) in [6.45, 7) is 0. The predicted molar refractivity (Wildman–Crippen MR) is 86.4 cm³/mol. The van der Waals surface area contributed by atoms with Crippen LogP contribution in [0.5, 0.6) is 0 Å². The molecule has 1 saturated carbocycles. The van der Waals surface area contributed by atoms with Crippen molar-refractivity contribution in [2.75, 3.05) is 7.11 Å². The van der Waals surface area contributed by atoms with Crippen LogP contribution in [0, 0.1) is 0 Å². The Hall–Kier alpha value is -1.87. The summed E-state index contributed by atoms with van der Waals surface area (Å²) < 4.78 is 4.83. The fourth-order valence-electron chi connectivity index (χ4n) is 2.77. The zero-order chi connectivity index (χ0) is 15.5. The first-order chi connectivity index (χ1) is 10.7. The van der Waals surface area contributed by atoms with E-state index in [1.54, 1.807) is 18.5 Å². The lowest BCUT2D eigenvalue weighted by atomic mass is 9.96. The topological polar surface area (TPSA) is 39.2 Å². The molecule has 1 aliphatic carbocycles. The number of methoxy groups -OCH3 is 1. The number of hydrogen-bond acceptors (Lipinski definition) is 3. The summed E-state index contributed by atoms with van der Waals surface area (Å²) in [5.41, 5.74) is 4.19. The minimum atomic E-state index is -0.309. The van der Waals surface area contributed by atoms with Crippen molar-refractivity contribution in [1.82, 2.24) is 4.98 Å². The maximum atomic E-state index is 11.8. The van der Waals surface area contributed by atoms with Crippen LogP contribution in [0.25, 0.3) is 0 Å². The molecule has 0 aliphatic heterocycles. The molecule has 22 heavy (non-hydrogen) atoms. The highest BCUT2D eigenvalue weighted by atomic mass is 35.5. The lowest BCUT2D eigenvalue weighted by molar-refractivity contribution is 0.0599. The standard InChI is InChI=1S/C18H18ClNO2/c1-22-18(21)16-8-9-20-11-14(16)5-4-13-6-7-15(19)10-17(13)12-2-3-12/h6-12H,2-5H2,1H3. The summed E-state index contributed by atoms with van der Waals surface area (Å²) in [7, 11) is 1.40. The molecule has 0 bridgehead atoms. The van der Waals surface area contributed by atoms with Crippen LogP contribution >= 0.6 is 11.6 Å². The van der Waals surface area contributed by atoms with Crippen molar-refractivity contribution in [3.05, 3.63) is 63.9 Å². The number of pyridine rings is 1. The van der Waals surface area contributed by atoms with Gasteiger partial charge in [0.15, 0.2) is 0 Å². The Kier molecular flexibility index (Phi) is 4.44. The number of halogens is 1. The van der Waals surface area contributed by atoms with Gasteiger partial charge in [-0.15, -0.1) is 0 Å². The van der Waals surface area contributed by atoms with E-state index in [1.165, 1.54) is 31.1 Å². The molecule has 0 amide bonds. The van der Waals surface area contributed by atoms with E-state index in [0.29, 0.717) is 11.5 Å². The second kappa shape index (κ2) is 6.49. The summed E-state index contributed by atoms with van der Waals surface area (Å²) in [6, 6.07) is 7.83. The van der Waals surface area contributed by atoms with Crippen LogP contribution in [0.15, 0.2) is 36.7 Å². The Labute approximate surface area is 135 Å². The van der Waals surface area contributed by atoms with E-state index < -0.39 is 0 Å². The van der Waals surface area contributed by atoms with Gasteiger partial charge in [-0.1, -0.05) is 17.7 Å². The van der Waals surface area contributed by atoms with E-state index in [1.807, 2.05) is 6.07 Å². The van der Waals surface area contributed by atoms with Crippen molar-refractivity contribution in [2.24, 2.45) is 0 Å². The summed E-state index contributed by atoms with van der Waals surface area (Å²) in [5, 5.41) is 0.794. The number of rotatable bonds is 5. The molecule has 0 atom stereocenters. The minimum Gasteiger partial charge on any atom is -0.465 e. The normalized spacial score (nSPS) is 13.9. The summed E-state index contributed by atoms with van der Waals surface area (Å²) in [4.78, 5) is 15.9. The lowest BCUT2D eigenvalue weighted by Crippen LogP contribution is -2.07. The molecule has 0 saturated heterocycles. The van der Waals surface area contributed by atoms with E-state index in [4.69, 9.17) is 16.3 Å². The quantitative estimate of drug-likeness (QED) is 0.777. The summed E-state index contributed by atoms with van der Waals surface area (Å²) in [5.74, 6) is 0.346. The molecule has 1 aromatic carbocycles. The average molecular weight is 316 g/mol. The molecule has 0 unspecified atom stereocenters. The number of esters is 1. The number of carbonyl (C=O) groups is 1. The first-order valence-corrected chi connectivity index (χ1v) is 7.86. The zero-order valence-electron chi connectivity index (χ0n) is 12.5. The van der Waals surface area contributed by atoms with E-state index in [-0.39, 0.29) is 5.97 Å². The molecule has 3 nitrogen and oxygen atoms in total. The number of benzene rings is 1. The van der Waals surface area contributed by atoms with Gasteiger partial charge < -0.3 is 4.74 Å². The van der Waals surface area contributed by atoms with Gasteiger partial charge in [0.05, 0.1) is 12.7 Å². The van der Waals surface area contributed by atoms with Crippen LogP contribution in [0.2, 0.25) is 5.02 Å². The molecule has 3 rings (SSSR count). The molecule has 1 fully saturated rings. The van der Waals surface area contributed by atoms with Gasteiger partial charge in [-0.05, 0) is 66.5 Å². The molecular formula is C18H18ClNO2. The maximum absolute atomic E-state index is 11.8. The van der Waals surface area contributed by atoms with Crippen molar-refractivity contribution in [3.8, 4) is 0 Å². The van der Waals surface area contributed by atoms with Crippen molar-refractivity contribution < 1.29 is 9.53 Å². The molecule has 0 spiro atoms. The third-order valence-electron chi connectivity index (χ3n) is 4.10. The molecule has 1 aliphatic rings. The third kappa shape index (κ3) is 3.30. The van der Waals surface area contributed by atoms with Crippen LogP contribution in [-0.2, 0) is 17.6 Å². The largest absolute Gasteiger partial charge is 0.465 e. The van der Waals surface area contributed by atoms with Gasteiger partial charge >= 0.3 is 5.97 Å². The number of aromatic nitrogens is 1. The number of ether oxygens (including phenoxy) is 1. The Balaban J connectivity index is 1.80. The van der Waals surface area contributed by atoms with Crippen LogP contribution in [0.1, 0.15) is 45.8 Å². The SMILES string of the molecule is COC(=O)c1ccncc1CCc1ccc(Cl)cc1C1CC1. The first kappa shape index (κ1) is 15.0. The molecule has 0 radical (unpaired) electrons. The number of hydrogen-bond donors (Lipinski definition) is 0. The smallest absolute Gasteiger partial charge is 0.338 e. The lowest BCUT2D eigenvalue weighted by Gasteiger charge is -2.11. The summed E-state index contributed by atoms with van der Waals surface area (Å²) >= 11 is 6.12. The predicted octanol–water partition coefficient (Wildman–Crippen LogP) is 4.18. The molecule has 0 N–H and O–H groups in total. The van der Waals surface area contributed by atoms with E-state index in [9.17, 15) is 4.79 Å². The van der Waals surface area contributed by atoms with Crippen molar-refractivity contribution in [1.29, 1.82) is 0 Å². The first-order valence-electron chi connectivity index (χ1n) is 7.48. The van der Waals surface area contributed by atoms with Gasteiger partial charge in [0.1, 0.15) is 0 Å².